The van der Waals surface area contributed by atoms with Gasteiger partial charge in [-0.2, -0.15) is 0 Å². The van der Waals surface area contributed by atoms with Gasteiger partial charge in [-0.25, -0.2) is 9.97 Å². The predicted octanol–water partition coefficient (Wildman–Crippen LogP) is 4.30. The van der Waals surface area contributed by atoms with Crippen LogP contribution in [0.5, 0.6) is 5.75 Å². The molecule has 0 aliphatic heterocycles. The minimum atomic E-state index is -0.316. The molecule has 4 aromatic rings. The average molecular weight is 400 g/mol. The molecule has 1 amide bonds. The number of aryl methyl sites for hydroxylation is 1. The number of fused-ring (bicyclic) bond motifs is 1. The number of carbonyl (C=O) groups is 1. The maximum Gasteiger partial charge on any atom is 0.259 e. The fourth-order valence-corrected chi connectivity index (χ4v) is 3.70. The van der Waals surface area contributed by atoms with Crippen LogP contribution in [-0.2, 0) is 0 Å². The summed E-state index contributed by atoms with van der Waals surface area (Å²) in [5, 5.41) is 3.65. The zero-order valence-corrected chi connectivity index (χ0v) is 16.0. The van der Waals surface area contributed by atoms with Crippen LogP contribution in [0, 0.1) is 6.92 Å². The lowest BCUT2D eigenvalue weighted by Gasteiger charge is -2.13. The van der Waals surface area contributed by atoms with Gasteiger partial charge in [0, 0.05) is 29.2 Å². The summed E-state index contributed by atoms with van der Waals surface area (Å²) in [7, 11) is 1.54. The number of aromatic amines is 1. The smallest absolute Gasteiger partial charge is 0.259 e. The highest BCUT2D eigenvalue weighted by Gasteiger charge is 2.19. The molecular formula is C18H14ClN5O2S. The molecule has 0 radical (unpaired) electrons. The van der Waals surface area contributed by atoms with Gasteiger partial charge in [0.05, 0.1) is 18.9 Å². The lowest BCUT2D eigenvalue weighted by atomic mass is 10.0. The van der Waals surface area contributed by atoms with Crippen LogP contribution in [-0.4, -0.2) is 33.0 Å². The lowest BCUT2D eigenvalue weighted by Crippen LogP contribution is -2.14. The molecule has 0 bridgehead atoms. The summed E-state index contributed by atoms with van der Waals surface area (Å²) < 4.78 is 5.39. The van der Waals surface area contributed by atoms with Crippen molar-refractivity contribution < 1.29 is 9.53 Å². The summed E-state index contributed by atoms with van der Waals surface area (Å²) in [5.74, 6) is 0.200. The molecule has 7 nitrogen and oxygen atoms in total. The number of aromatic nitrogens is 4. The molecule has 2 N–H and O–H groups in total. The van der Waals surface area contributed by atoms with E-state index in [0.717, 1.165) is 16.0 Å². The van der Waals surface area contributed by atoms with E-state index < -0.39 is 0 Å². The molecule has 0 spiro atoms. The molecule has 0 aromatic carbocycles. The van der Waals surface area contributed by atoms with Gasteiger partial charge in [0.2, 0.25) is 0 Å². The Morgan fingerprint density at radius 3 is 2.89 bits per heavy atom. The van der Waals surface area contributed by atoms with Gasteiger partial charge in [0.25, 0.3) is 5.91 Å². The van der Waals surface area contributed by atoms with E-state index in [1.165, 1.54) is 23.7 Å². The van der Waals surface area contributed by atoms with E-state index in [1.807, 2.05) is 19.1 Å². The second kappa shape index (κ2) is 6.98. The molecule has 0 saturated carbocycles. The van der Waals surface area contributed by atoms with Gasteiger partial charge in [-0.1, -0.05) is 22.9 Å². The number of amides is 1. The van der Waals surface area contributed by atoms with Crippen molar-refractivity contribution in [2.45, 2.75) is 6.92 Å². The average Bonchev–Trinajstić information content (AvgIpc) is 3.23. The zero-order chi connectivity index (χ0) is 19.0. The number of H-pyrrole nitrogens is 1. The number of nitrogens with zero attached hydrogens (tertiary/aromatic N) is 3. The molecule has 9 heteroatoms. The molecule has 4 rings (SSSR count). The van der Waals surface area contributed by atoms with E-state index in [1.54, 1.807) is 19.4 Å². The highest BCUT2D eigenvalue weighted by molar-refractivity contribution is 7.22. The summed E-state index contributed by atoms with van der Waals surface area (Å²) in [6.07, 6.45) is 4.87. The second-order valence-corrected chi connectivity index (χ2v) is 7.13. The van der Waals surface area contributed by atoms with E-state index in [2.05, 4.69) is 25.3 Å². The first-order valence-corrected chi connectivity index (χ1v) is 9.16. The SMILES string of the molecule is COc1cnc(Cl)cc1-c1cc(C)ncc1C(=O)Nc1nc2cc[nH]c2s1. The molecule has 0 saturated heterocycles. The minimum Gasteiger partial charge on any atom is -0.494 e. The number of hydrogen-bond acceptors (Lipinski definition) is 6. The Morgan fingerprint density at radius 2 is 2.11 bits per heavy atom. The molecule has 4 aromatic heterocycles. The Labute approximate surface area is 163 Å². The van der Waals surface area contributed by atoms with Gasteiger partial charge >= 0.3 is 0 Å². The van der Waals surface area contributed by atoms with Crippen molar-refractivity contribution >= 4 is 44.3 Å². The van der Waals surface area contributed by atoms with Gasteiger partial charge < -0.3 is 9.72 Å². The van der Waals surface area contributed by atoms with E-state index in [0.29, 0.717) is 32.7 Å². The van der Waals surface area contributed by atoms with Crippen LogP contribution < -0.4 is 10.1 Å². The first kappa shape index (κ1) is 17.4. The number of rotatable bonds is 4. The standard InChI is InChI=1S/C18H14ClN5O2S/c1-9-5-10(11-6-15(19)22-8-14(11)26-2)12(7-21-9)16(25)24-18-23-13-3-4-20-17(13)27-18/h3-8,20H,1-2H3,(H,23,24,25). The fraction of sp³-hybridized carbons (Fsp3) is 0.111. The van der Waals surface area contributed by atoms with Crippen molar-refractivity contribution in [2.75, 3.05) is 12.4 Å². The van der Waals surface area contributed by atoms with Gasteiger partial charge in [-0.3, -0.25) is 15.1 Å². The van der Waals surface area contributed by atoms with Crippen molar-refractivity contribution in [2.24, 2.45) is 0 Å². The monoisotopic (exact) mass is 399 g/mol. The van der Waals surface area contributed by atoms with Crippen molar-refractivity contribution in [3.8, 4) is 16.9 Å². The molecule has 0 unspecified atom stereocenters. The number of nitrogens with one attached hydrogen (secondary N) is 2. The predicted molar refractivity (Wildman–Crippen MR) is 106 cm³/mol. The quantitative estimate of drug-likeness (QED) is 0.499. The Balaban J connectivity index is 1.76. The number of ether oxygens (including phenoxy) is 1. The van der Waals surface area contributed by atoms with Crippen molar-refractivity contribution in [1.29, 1.82) is 0 Å². The first-order valence-electron chi connectivity index (χ1n) is 7.97. The van der Waals surface area contributed by atoms with Crippen molar-refractivity contribution in [3.05, 3.63) is 53.2 Å². The van der Waals surface area contributed by atoms with E-state index in [-0.39, 0.29) is 5.91 Å². The number of carbonyl (C=O) groups excluding carboxylic acids is 1. The number of pyridine rings is 2. The fourth-order valence-electron chi connectivity index (χ4n) is 2.72. The van der Waals surface area contributed by atoms with Crippen LogP contribution in [0.15, 0.2) is 36.8 Å². The van der Waals surface area contributed by atoms with E-state index in [4.69, 9.17) is 16.3 Å². The summed E-state index contributed by atoms with van der Waals surface area (Å²) in [6.45, 7) is 1.85. The third kappa shape index (κ3) is 3.36. The molecule has 0 aliphatic carbocycles. The van der Waals surface area contributed by atoms with Crippen LogP contribution >= 0.6 is 22.9 Å². The highest BCUT2D eigenvalue weighted by Crippen LogP contribution is 2.34. The number of halogens is 1. The van der Waals surface area contributed by atoms with Crippen LogP contribution in [0.3, 0.4) is 0 Å². The minimum absolute atomic E-state index is 0.306. The Bertz CT molecular complexity index is 1130. The molecule has 0 atom stereocenters. The Morgan fingerprint density at radius 1 is 1.26 bits per heavy atom. The maximum atomic E-state index is 12.9. The van der Waals surface area contributed by atoms with Gasteiger partial charge in [0.15, 0.2) is 5.13 Å². The summed E-state index contributed by atoms with van der Waals surface area (Å²) >= 11 is 7.43. The molecule has 27 heavy (non-hydrogen) atoms. The summed E-state index contributed by atoms with van der Waals surface area (Å²) in [6, 6.07) is 5.33. The van der Waals surface area contributed by atoms with E-state index >= 15 is 0 Å². The lowest BCUT2D eigenvalue weighted by molar-refractivity contribution is 0.102. The molecule has 4 heterocycles. The largest absolute Gasteiger partial charge is 0.494 e. The maximum absolute atomic E-state index is 12.9. The topological polar surface area (TPSA) is 92.8 Å². The van der Waals surface area contributed by atoms with Crippen LogP contribution in [0.4, 0.5) is 5.13 Å². The molecule has 136 valence electrons. The zero-order valence-electron chi connectivity index (χ0n) is 14.4. The highest BCUT2D eigenvalue weighted by atomic mass is 35.5. The van der Waals surface area contributed by atoms with Gasteiger partial charge in [0.1, 0.15) is 21.2 Å². The second-order valence-electron chi connectivity index (χ2n) is 5.74. The third-order valence-corrected chi connectivity index (χ3v) is 5.08. The molecule has 0 fully saturated rings. The summed E-state index contributed by atoms with van der Waals surface area (Å²) in [4.78, 5) is 29.6. The van der Waals surface area contributed by atoms with Gasteiger partial charge in [-0.05, 0) is 25.1 Å². The Hall–Kier alpha value is -2.97. The number of hydrogen-bond donors (Lipinski definition) is 2. The first-order chi connectivity index (χ1) is 13.0. The van der Waals surface area contributed by atoms with Crippen LogP contribution in [0.1, 0.15) is 16.1 Å². The van der Waals surface area contributed by atoms with Crippen LogP contribution in [0.2, 0.25) is 5.15 Å². The summed E-state index contributed by atoms with van der Waals surface area (Å²) in [5.41, 5.74) is 3.28. The Kier molecular flexibility index (Phi) is 4.51. The van der Waals surface area contributed by atoms with Crippen LogP contribution in [0.25, 0.3) is 21.5 Å². The molecule has 0 aliphatic rings. The molecular weight excluding hydrogens is 386 g/mol. The van der Waals surface area contributed by atoms with Gasteiger partial charge in [-0.15, -0.1) is 0 Å². The van der Waals surface area contributed by atoms with E-state index in [9.17, 15) is 4.79 Å². The van der Waals surface area contributed by atoms with Crippen molar-refractivity contribution in [3.63, 3.8) is 0 Å². The number of methoxy groups -OCH3 is 1. The number of anilines is 1. The number of thiazole rings is 1. The normalized spacial score (nSPS) is 10.9. The third-order valence-electron chi connectivity index (χ3n) is 3.96. The van der Waals surface area contributed by atoms with Crippen molar-refractivity contribution in [1.82, 2.24) is 19.9 Å².